The maximum absolute atomic E-state index is 13.7. The van der Waals surface area contributed by atoms with Gasteiger partial charge in [0.05, 0.1) is 4.88 Å². The summed E-state index contributed by atoms with van der Waals surface area (Å²) in [6, 6.07) is 7.03. The van der Waals surface area contributed by atoms with Gasteiger partial charge in [0.25, 0.3) is 5.91 Å². The monoisotopic (exact) mass is 306 g/mol. The summed E-state index contributed by atoms with van der Waals surface area (Å²) in [4.78, 5) is 15.2. The molecule has 1 atom stereocenters. The molecule has 1 aliphatic rings. The van der Waals surface area contributed by atoms with Crippen molar-refractivity contribution in [2.75, 3.05) is 19.6 Å². The summed E-state index contributed by atoms with van der Waals surface area (Å²) in [5.41, 5.74) is 0. The average molecular weight is 306 g/mol. The number of likely N-dealkylation sites (N-methyl/N-ethyl adjacent to an activating group) is 1. The number of nitrogens with zero attached hydrogens (tertiary/aromatic N) is 1. The maximum atomic E-state index is 13.7. The zero-order valence-corrected chi connectivity index (χ0v) is 12.9. The van der Waals surface area contributed by atoms with Gasteiger partial charge in [0.1, 0.15) is 5.82 Å². The molecule has 0 saturated carbocycles. The molecule has 1 saturated heterocycles. The van der Waals surface area contributed by atoms with E-state index >= 15 is 0 Å². The lowest BCUT2D eigenvalue weighted by molar-refractivity contribution is 0.0945. The third kappa shape index (κ3) is 2.94. The van der Waals surface area contributed by atoms with Crippen LogP contribution in [0.25, 0.3) is 10.1 Å². The van der Waals surface area contributed by atoms with E-state index in [1.165, 1.54) is 23.8 Å². The zero-order chi connectivity index (χ0) is 14.8. The summed E-state index contributed by atoms with van der Waals surface area (Å²) in [5.74, 6) is -0.366. The van der Waals surface area contributed by atoms with Crippen LogP contribution in [0, 0.1) is 5.82 Å². The molecule has 0 aliphatic carbocycles. The second-order valence-electron chi connectivity index (χ2n) is 5.40. The number of hydrogen-bond donors (Lipinski definition) is 1. The van der Waals surface area contributed by atoms with Gasteiger partial charge < -0.3 is 5.32 Å². The van der Waals surface area contributed by atoms with E-state index in [2.05, 4.69) is 17.1 Å². The predicted octanol–water partition coefficient (Wildman–Crippen LogP) is 3.25. The highest BCUT2D eigenvalue weighted by atomic mass is 32.1. The molecule has 0 radical (unpaired) electrons. The van der Waals surface area contributed by atoms with E-state index in [4.69, 9.17) is 0 Å². The van der Waals surface area contributed by atoms with Crippen LogP contribution in [0.2, 0.25) is 0 Å². The highest BCUT2D eigenvalue weighted by Crippen LogP contribution is 2.27. The Kier molecular flexibility index (Phi) is 4.22. The first kappa shape index (κ1) is 14.5. The number of likely N-dealkylation sites (tertiary alicyclic amines) is 1. The highest BCUT2D eigenvalue weighted by molar-refractivity contribution is 7.20. The number of rotatable bonds is 4. The van der Waals surface area contributed by atoms with Gasteiger partial charge in [-0.1, -0.05) is 13.0 Å². The van der Waals surface area contributed by atoms with Crippen molar-refractivity contribution in [3.8, 4) is 0 Å². The number of amides is 1. The summed E-state index contributed by atoms with van der Waals surface area (Å²) in [5, 5.41) is 3.52. The minimum absolute atomic E-state index is 0.0986. The fourth-order valence-corrected chi connectivity index (χ4v) is 3.97. The van der Waals surface area contributed by atoms with E-state index in [1.807, 2.05) is 6.07 Å². The Balaban J connectivity index is 1.68. The predicted molar refractivity (Wildman–Crippen MR) is 84.4 cm³/mol. The van der Waals surface area contributed by atoms with Crippen molar-refractivity contribution in [2.45, 2.75) is 25.8 Å². The summed E-state index contributed by atoms with van der Waals surface area (Å²) in [6.07, 6.45) is 2.33. The normalized spacial score (nSPS) is 19.2. The lowest BCUT2D eigenvalue weighted by Gasteiger charge is -2.22. The summed E-state index contributed by atoms with van der Waals surface area (Å²) < 4.78 is 14.5. The largest absolute Gasteiger partial charge is 0.350 e. The van der Waals surface area contributed by atoms with Crippen LogP contribution in [0.1, 0.15) is 29.4 Å². The van der Waals surface area contributed by atoms with Crippen LogP contribution in [0.5, 0.6) is 0 Å². The molecule has 5 heteroatoms. The molecule has 21 heavy (non-hydrogen) atoms. The lowest BCUT2D eigenvalue weighted by atomic mass is 10.2. The Labute approximate surface area is 127 Å². The molecule has 0 spiro atoms. The molecule has 1 N–H and O–H groups in total. The molecule has 1 aliphatic heterocycles. The van der Waals surface area contributed by atoms with Crippen LogP contribution < -0.4 is 5.32 Å². The highest BCUT2D eigenvalue weighted by Gasteiger charge is 2.23. The minimum atomic E-state index is -0.268. The Morgan fingerprint density at radius 2 is 2.38 bits per heavy atom. The van der Waals surface area contributed by atoms with Crippen LogP contribution in [0.4, 0.5) is 4.39 Å². The number of nitrogens with one attached hydrogen (secondary N) is 1. The Bertz CT molecular complexity index is 655. The van der Waals surface area contributed by atoms with Crippen molar-refractivity contribution >= 4 is 27.3 Å². The van der Waals surface area contributed by atoms with E-state index in [0.29, 0.717) is 22.8 Å². The Hall–Kier alpha value is -1.46. The van der Waals surface area contributed by atoms with Gasteiger partial charge in [0.15, 0.2) is 0 Å². The van der Waals surface area contributed by atoms with Crippen LogP contribution >= 0.6 is 11.3 Å². The van der Waals surface area contributed by atoms with E-state index in [1.54, 1.807) is 12.1 Å². The van der Waals surface area contributed by atoms with Gasteiger partial charge in [-0.25, -0.2) is 4.39 Å². The van der Waals surface area contributed by atoms with Gasteiger partial charge >= 0.3 is 0 Å². The third-order valence-corrected chi connectivity index (χ3v) is 5.23. The molecule has 112 valence electrons. The van der Waals surface area contributed by atoms with Crippen molar-refractivity contribution in [2.24, 2.45) is 0 Å². The number of carbonyl (C=O) groups excluding carboxylic acids is 1. The molecular formula is C16H19FN2OS. The van der Waals surface area contributed by atoms with Gasteiger partial charge in [-0.15, -0.1) is 11.3 Å². The van der Waals surface area contributed by atoms with E-state index in [0.717, 1.165) is 24.2 Å². The van der Waals surface area contributed by atoms with Crippen molar-refractivity contribution in [1.82, 2.24) is 10.2 Å². The van der Waals surface area contributed by atoms with Crippen molar-refractivity contribution < 1.29 is 9.18 Å². The third-order valence-electron chi connectivity index (χ3n) is 4.14. The van der Waals surface area contributed by atoms with E-state index < -0.39 is 0 Å². The quantitative estimate of drug-likeness (QED) is 0.940. The Morgan fingerprint density at radius 3 is 3.14 bits per heavy atom. The summed E-state index contributed by atoms with van der Waals surface area (Å²) >= 11 is 1.34. The Morgan fingerprint density at radius 1 is 1.52 bits per heavy atom. The molecule has 3 rings (SSSR count). The standard InChI is InChI=1S/C16H19FN2OS/c1-2-19-8-4-5-11(19)10-18-16(20)15-9-12-13(17)6-3-7-14(12)21-15/h3,6-7,9,11H,2,4-5,8,10H2,1H3,(H,18,20). The molecule has 2 heterocycles. The second kappa shape index (κ2) is 6.12. The average Bonchev–Trinajstić information content (AvgIpc) is 3.11. The fourth-order valence-electron chi connectivity index (χ4n) is 2.98. The first-order chi connectivity index (χ1) is 10.2. The SMILES string of the molecule is CCN1CCCC1CNC(=O)c1cc2c(F)cccc2s1. The van der Waals surface area contributed by atoms with Crippen LogP contribution in [0.3, 0.4) is 0 Å². The van der Waals surface area contributed by atoms with Crippen molar-refractivity contribution in [1.29, 1.82) is 0 Å². The number of hydrogen-bond acceptors (Lipinski definition) is 3. The smallest absolute Gasteiger partial charge is 0.261 e. The zero-order valence-electron chi connectivity index (χ0n) is 12.1. The van der Waals surface area contributed by atoms with Crippen LogP contribution in [-0.4, -0.2) is 36.5 Å². The molecule has 1 aromatic heterocycles. The molecule has 0 bridgehead atoms. The number of carbonyl (C=O) groups is 1. The number of thiophene rings is 1. The van der Waals surface area contributed by atoms with Gasteiger partial charge in [0, 0.05) is 22.7 Å². The van der Waals surface area contributed by atoms with Crippen molar-refractivity contribution in [3.05, 3.63) is 35.0 Å². The van der Waals surface area contributed by atoms with Gasteiger partial charge in [-0.2, -0.15) is 0 Å². The molecule has 1 amide bonds. The second-order valence-corrected chi connectivity index (χ2v) is 6.48. The minimum Gasteiger partial charge on any atom is -0.350 e. The first-order valence-corrected chi connectivity index (χ1v) is 8.21. The topological polar surface area (TPSA) is 32.3 Å². The maximum Gasteiger partial charge on any atom is 0.261 e. The lowest BCUT2D eigenvalue weighted by Crippen LogP contribution is -2.39. The van der Waals surface area contributed by atoms with Crippen molar-refractivity contribution in [3.63, 3.8) is 0 Å². The van der Waals surface area contributed by atoms with Crippen LogP contribution in [-0.2, 0) is 0 Å². The first-order valence-electron chi connectivity index (χ1n) is 7.39. The summed E-state index contributed by atoms with van der Waals surface area (Å²) in [6.45, 7) is 4.96. The molecule has 1 fully saturated rings. The number of fused-ring (bicyclic) bond motifs is 1. The van der Waals surface area contributed by atoms with Gasteiger partial charge in [-0.05, 0) is 44.1 Å². The van der Waals surface area contributed by atoms with Gasteiger partial charge in [-0.3, -0.25) is 9.69 Å². The number of halogens is 1. The molecular weight excluding hydrogens is 287 g/mol. The van der Waals surface area contributed by atoms with Gasteiger partial charge in [0.2, 0.25) is 0 Å². The number of benzene rings is 1. The fraction of sp³-hybridized carbons (Fsp3) is 0.438. The van der Waals surface area contributed by atoms with E-state index in [9.17, 15) is 9.18 Å². The molecule has 3 nitrogen and oxygen atoms in total. The molecule has 2 aromatic rings. The molecule has 1 unspecified atom stereocenters. The van der Waals surface area contributed by atoms with E-state index in [-0.39, 0.29) is 11.7 Å². The summed E-state index contributed by atoms with van der Waals surface area (Å²) in [7, 11) is 0. The molecule has 1 aromatic carbocycles. The van der Waals surface area contributed by atoms with Crippen LogP contribution in [0.15, 0.2) is 24.3 Å².